The molecule has 0 aromatic heterocycles. The van der Waals surface area contributed by atoms with Crippen LogP contribution in [0.5, 0.6) is 0 Å². The van der Waals surface area contributed by atoms with Crippen molar-refractivity contribution in [2.45, 2.75) is 0 Å². The Morgan fingerprint density at radius 1 is 1.40 bits per heavy atom. The van der Waals surface area contributed by atoms with Crippen molar-refractivity contribution in [3.63, 3.8) is 0 Å². The van der Waals surface area contributed by atoms with Crippen molar-refractivity contribution in [3.8, 4) is 0 Å². The Morgan fingerprint density at radius 2 is 1.80 bits per heavy atom. The first-order valence-corrected chi connectivity index (χ1v) is 3.66. The molecule has 0 rings (SSSR count). The largest absolute Gasteiger partial charge is 0.385 e. The van der Waals surface area contributed by atoms with Crippen LogP contribution in [0.3, 0.4) is 0 Å². The second kappa shape index (κ2) is 11.8. The van der Waals surface area contributed by atoms with Gasteiger partial charge in [-0.05, 0) is 11.5 Å². The van der Waals surface area contributed by atoms with E-state index in [1.54, 1.807) is 0 Å². The Balaban J connectivity index is 0. The minimum absolute atomic E-state index is 0.781. The van der Waals surface area contributed by atoms with Gasteiger partial charge in [-0.25, -0.2) is 4.79 Å². The molecule has 0 aliphatic heterocycles. The fourth-order valence-corrected chi connectivity index (χ4v) is 0.0289. The lowest BCUT2D eigenvalue weighted by Crippen LogP contribution is -2.04. The molecule has 0 aliphatic carbocycles. The fourth-order valence-electron chi connectivity index (χ4n) is 0.0289. The number of hydrogen-bond acceptors (Lipinski definition) is 6. The molecule has 0 heterocycles. The summed E-state index contributed by atoms with van der Waals surface area (Å²) in [5, 5.41) is 15.0. The van der Waals surface area contributed by atoms with Gasteiger partial charge in [0, 0.05) is 0 Å². The topological polar surface area (TPSA) is 66.8 Å². The van der Waals surface area contributed by atoms with Crippen molar-refractivity contribution in [2.75, 3.05) is 18.1 Å². The van der Waals surface area contributed by atoms with Gasteiger partial charge in [0.15, 0.2) is 0 Å². The first-order chi connectivity index (χ1) is 4.72. The van der Waals surface area contributed by atoms with Gasteiger partial charge in [-0.1, -0.05) is 0 Å². The molecule has 0 radical (unpaired) electrons. The third kappa shape index (κ3) is 15.7. The zero-order valence-corrected chi connectivity index (χ0v) is 7.02. The lowest BCUT2D eigenvalue weighted by atomic mass is 10.8. The Kier molecular flexibility index (Phi) is 15.1. The molecular weight excluding hydrogens is 176 g/mol. The summed E-state index contributed by atoms with van der Waals surface area (Å²) in [6.07, 6.45) is 0. The SMILES string of the molecule is O=C(CO)OO.SCCS. The van der Waals surface area contributed by atoms with E-state index in [2.05, 4.69) is 30.1 Å². The molecule has 6 heteroatoms. The number of carbonyl (C=O) groups excluding carboxylic acids is 1. The zero-order chi connectivity index (χ0) is 8.41. The predicted molar refractivity (Wildman–Crippen MR) is 43.5 cm³/mol. The number of rotatable bonds is 2. The average molecular weight is 186 g/mol. The molecule has 0 aromatic carbocycles. The number of hydrogen-bond donors (Lipinski definition) is 4. The quantitative estimate of drug-likeness (QED) is 0.275. The molecule has 0 amide bonds. The highest BCUT2D eigenvalue weighted by Crippen LogP contribution is 1.73. The van der Waals surface area contributed by atoms with Gasteiger partial charge >= 0.3 is 5.97 Å². The van der Waals surface area contributed by atoms with Crippen molar-refractivity contribution in [2.24, 2.45) is 0 Å². The summed E-state index contributed by atoms with van der Waals surface area (Å²) in [5.41, 5.74) is 0. The van der Waals surface area contributed by atoms with Crippen LogP contribution < -0.4 is 0 Å². The van der Waals surface area contributed by atoms with E-state index in [-0.39, 0.29) is 0 Å². The summed E-state index contributed by atoms with van der Waals surface area (Å²) in [7, 11) is 0. The second-order valence-corrected chi connectivity index (χ2v) is 1.96. The van der Waals surface area contributed by atoms with Gasteiger partial charge in [0.25, 0.3) is 0 Å². The van der Waals surface area contributed by atoms with Crippen LogP contribution in [0.2, 0.25) is 0 Å². The van der Waals surface area contributed by atoms with Crippen LogP contribution >= 0.6 is 25.3 Å². The van der Waals surface area contributed by atoms with E-state index in [0.29, 0.717) is 0 Å². The van der Waals surface area contributed by atoms with Crippen LogP contribution in [0.4, 0.5) is 0 Å². The van der Waals surface area contributed by atoms with E-state index in [0.717, 1.165) is 11.5 Å². The minimum Gasteiger partial charge on any atom is -0.385 e. The average Bonchev–Trinajstić information content (AvgIpc) is 2.03. The summed E-state index contributed by atoms with van der Waals surface area (Å²) >= 11 is 7.69. The highest BCUT2D eigenvalue weighted by molar-refractivity contribution is 7.84. The van der Waals surface area contributed by atoms with E-state index in [1.165, 1.54) is 0 Å². The van der Waals surface area contributed by atoms with Gasteiger partial charge < -0.3 is 5.11 Å². The molecule has 62 valence electrons. The Hall–Kier alpha value is 0.0900. The molecule has 0 aromatic rings. The van der Waals surface area contributed by atoms with E-state index < -0.39 is 12.6 Å². The van der Waals surface area contributed by atoms with Crippen molar-refractivity contribution in [1.82, 2.24) is 0 Å². The highest BCUT2D eigenvalue weighted by atomic mass is 32.1. The summed E-state index contributed by atoms with van der Waals surface area (Å²) in [6, 6.07) is 0. The normalized spacial score (nSPS) is 7.60. The standard InChI is InChI=1S/C2H4O4.C2H6S2/c3-1-2(4)6-5;3-1-2-4/h3,5H,1H2;3-4H,1-2H2. The predicted octanol–water partition coefficient (Wildman–Crippen LogP) is -0.159. The maximum absolute atomic E-state index is 9.46. The van der Waals surface area contributed by atoms with Gasteiger partial charge in [0.05, 0.1) is 0 Å². The van der Waals surface area contributed by atoms with Crippen LogP contribution in [-0.4, -0.2) is 34.4 Å². The van der Waals surface area contributed by atoms with Crippen LogP contribution in [0.15, 0.2) is 0 Å². The maximum atomic E-state index is 9.46. The molecule has 0 saturated carbocycles. The van der Waals surface area contributed by atoms with Crippen molar-refractivity contribution in [1.29, 1.82) is 0 Å². The van der Waals surface area contributed by atoms with Crippen LogP contribution in [0.25, 0.3) is 0 Å². The number of carbonyl (C=O) groups is 1. The van der Waals surface area contributed by atoms with Crippen LogP contribution in [0, 0.1) is 0 Å². The van der Waals surface area contributed by atoms with E-state index in [1.807, 2.05) is 0 Å². The number of thiol groups is 2. The van der Waals surface area contributed by atoms with E-state index >= 15 is 0 Å². The van der Waals surface area contributed by atoms with Gasteiger partial charge in [-0.15, -0.1) is 0 Å². The lowest BCUT2D eigenvalue weighted by molar-refractivity contribution is -0.236. The molecule has 4 nitrogen and oxygen atoms in total. The zero-order valence-electron chi connectivity index (χ0n) is 5.23. The first kappa shape index (κ1) is 12.7. The van der Waals surface area contributed by atoms with Crippen molar-refractivity contribution in [3.05, 3.63) is 0 Å². The van der Waals surface area contributed by atoms with E-state index in [9.17, 15) is 4.79 Å². The monoisotopic (exact) mass is 186 g/mol. The minimum atomic E-state index is -1.05. The Labute approximate surface area is 69.9 Å². The van der Waals surface area contributed by atoms with Crippen molar-refractivity contribution >= 4 is 31.2 Å². The fraction of sp³-hybridized carbons (Fsp3) is 0.750. The molecule has 2 N–H and O–H groups in total. The first-order valence-electron chi connectivity index (χ1n) is 2.39. The van der Waals surface area contributed by atoms with Gasteiger partial charge in [-0.3, -0.25) is 4.89 Å². The molecule has 0 bridgehead atoms. The highest BCUT2D eigenvalue weighted by Gasteiger charge is 1.92. The molecule has 0 aliphatic rings. The third-order valence-corrected chi connectivity index (χ3v) is 1.13. The van der Waals surface area contributed by atoms with Gasteiger partial charge in [0.2, 0.25) is 0 Å². The Morgan fingerprint density at radius 3 is 1.80 bits per heavy atom. The van der Waals surface area contributed by atoms with Gasteiger partial charge in [0.1, 0.15) is 6.61 Å². The summed E-state index contributed by atoms with van der Waals surface area (Å²) in [4.78, 5) is 12.5. The molecular formula is C4H10O4S2. The molecule has 0 spiro atoms. The molecule has 0 fully saturated rings. The van der Waals surface area contributed by atoms with Crippen LogP contribution in [0.1, 0.15) is 0 Å². The summed E-state index contributed by atoms with van der Waals surface area (Å²) in [5.74, 6) is 0.710. The molecule has 0 unspecified atom stereocenters. The number of aliphatic hydroxyl groups is 1. The smallest absolute Gasteiger partial charge is 0.367 e. The second-order valence-electron chi connectivity index (χ2n) is 1.07. The summed E-state index contributed by atoms with van der Waals surface area (Å²) < 4.78 is 0. The van der Waals surface area contributed by atoms with Crippen LogP contribution in [-0.2, 0) is 9.68 Å². The lowest BCUT2D eigenvalue weighted by Gasteiger charge is -1.83. The molecule has 0 saturated heterocycles. The molecule has 0 atom stereocenters. The Bertz CT molecular complexity index is 69.7. The van der Waals surface area contributed by atoms with Crippen molar-refractivity contribution < 1.29 is 20.0 Å². The number of aliphatic hydroxyl groups excluding tert-OH is 1. The van der Waals surface area contributed by atoms with Gasteiger partial charge in [-0.2, -0.15) is 30.5 Å². The summed E-state index contributed by atoms with van der Waals surface area (Å²) in [6.45, 7) is -0.781. The van der Waals surface area contributed by atoms with E-state index in [4.69, 9.17) is 10.4 Å². The third-order valence-electron chi connectivity index (χ3n) is 0.331. The molecule has 10 heavy (non-hydrogen) atoms. The maximum Gasteiger partial charge on any atom is 0.367 e.